The van der Waals surface area contributed by atoms with Gasteiger partial charge in [0, 0.05) is 37.8 Å². The lowest BCUT2D eigenvalue weighted by atomic mass is 10.1. The summed E-state index contributed by atoms with van der Waals surface area (Å²) in [6.07, 6.45) is 2.66. The third-order valence-corrected chi connectivity index (χ3v) is 4.02. The monoisotopic (exact) mass is 271 g/mol. The van der Waals surface area contributed by atoms with Gasteiger partial charge >= 0.3 is 0 Å². The zero-order valence-corrected chi connectivity index (χ0v) is 13.7. The van der Waals surface area contributed by atoms with E-state index in [4.69, 9.17) is 4.74 Å². The fourth-order valence-corrected chi connectivity index (χ4v) is 2.65. The zero-order chi connectivity index (χ0) is 14.5. The van der Waals surface area contributed by atoms with E-state index in [-0.39, 0.29) is 5.54 Å². The summed E-state index contributed by atoms with van der Waals surface area (Å²) in [4.78, 5) is 4.94. The van der Waals surface area contributed by atoms with Crippen LogP contribution in [0.1, 0.15) is 33.6 Å². The minimum atomic E-state index is 0.164. The van der Waals surface area contributed by atoms with Crippen molar-refractivity contribution in [1.29, 1.82) is 0 Å². The van der Waals surface area contributed by atoms with Crippen LogP contribution in [0.3, 0.4) is 0 Å². The van der Waals surface area contributed by atoms with Gasteiger partial charge in [-0.25, -0.2) is 0 Å². The smallest absolute Gasteiger partial charge is 0.0630 e. The second kappa shape index (κ2) is 7.58. The molecule has 2 unspecified atom stereocenters. The molecule has 19 heavy (non-hydrogen) atoms. The van der Waals surface area contributed by atoms with Crippen LogP contribution in [0.2, 0.25) is 0 Å². The Balaban J connectivity index is 2.44. The molecule has 2 atom stereocenters. The predicted molar refractivity (Wildman–Crippen MR) is 81.7 cm³/mol. The van der Waals surface area contributed by atoms with Gasteiger partial charge in [0.25, 0.3) is 0 Å². The standard InChI is InChI=1S/C15H33N3O/c1-15(2,3)16-10-14(12-19-6)18(5)11-13-8-7-9-17(13)4/h13-14,16H,7-12H2,1-6H3. The van der Waals surface area contributed by atoms with E-state index in [0.29, 0.717) is 12.1 Å². The molecule has 1 N–H and O–H groups in total. The summed E-state index contributed by atoms with van der Waals surface area (Å²) in [5.41, 5.74) is 0.164. The van der Waals surface area contributed by atoms with Gasteiger partial charge < -0.3 is 15.0 Å². The first kappa shape index (κ1) is 16.9. The zero-order valence-electron chi connectivity index (χ0n) is 13.7. The molecule has 1 aliphatic heterocycles. The molecule has 1 aliphatic rings. The van der Waals surface area contributed by atoms with Crippen LogP contribution >= 0.6 is 0 Å². The van der Waals surface area contributed by atoms with Crippen molar-refractivity contribution in [1.82, 2.24) is 15.1 Å². The maximum absolute atomic E-state index is 5.39. The highest BCUT2D eigenvalue weighted by atomic mass is 16.5. The largest absolute Gasteiger partial charge is 0.383 e. The first-order valence-corrected chi connectivity index (χ1v) is 7.48. The number of hydrogen-bond donors (Lipinski definition) is 1. The number of ether oxygens (including phenoxy) is 1. The number of likely N-dealkylation sites (N-methyl/N-ethyl adjacent to an activating group) is 2. The minimum Gasteiger partial charge on any atom is -0.383 e. The van der Waals surface area contributed by atoms with Crippen molar-refractivity contribution in [3.63, 3.8) is 0 Å². The molecule has 0 bridgehead atoms. The van der Waals surface area contributed by atoms with Gasteiger partial charge in [-0.05, 0) is 54.3 Å². The van der Waals surface area contributed by atoms with Crippen molar-refractivity contribution in [2.75, 3.05) is 47.4 Å². The lowest BCUT2D eigenvalue weighted by Crippen LogP contribution is -2.51. The van der Waals surface area contributed by atoms with Gasteiger partial charge in [0.2, 0.25) is 0 Å². The van der Waals surface area contributed by atoms with Gasteiger partial charge in [-0.2, -0.15) is 0 Å². The van der Waals surface area contributed by atoms with E-state index in [1.165, 1.54) is 19.4 Å². The van der Waals surface area contributed by atoms with E-state index >= 15 is 0 Å². The molecule has 4 heteroatoms. The molecule has 0 radical (unpaired) electrons. The van der Waals surface area contributed by atoms with Crippen LogP contribution in [0.5, 0.6) is 0 Å². The fourth-order valence-electron chi connectivity index (χ4n) is 2.65. The summed E-state index contributed by atoms with van der Waals surface area (Å²) in [6, 6.07) is 1.15. The summed E-state index contributed by atoms with van der Waals surface area (Å²) in [6.45, 7) is 10.8. The van der Waals surface area contributed by atoms with E-state index in [9.17, 15) is 0 Å². The molecule has 1 rings (SSSR count). The number of hydrogen-bond acceptors (Lipinski definition) is 4. The van der Waals surface area contributed by atoms with Crippen LogP contribution in [-0.4, -0.2) is 74.9 Å². The van der Waals surface area contributed by atoms with Crippen molar-refractivity contribution in [3.8, 4) is 0 Å². The molecular weight excluding hydrogens is 238 g/mol. The lowest BCUT2D eigenvalue weighted by Gasteiger charge is -2.34. The van der Waals surface area contributed by atoms with Crippen molar-refractivity contribution >= 4 is 0 Å². The number of likely N-dealkylation sites (tertiary alicyclic amines) is 1. The molecule has 0 aliphatic carbocycles. The van der Waals surface area contributed by atoms with Crippen LogP contribution in [0.15, 0.2) is 0 Å². The topological polar surface area (TPSA) is 27.7 Å². The number of rotatable bonds is 7. The average molecular weight is 271 g/mol. The van der Waals surface area contributed by atoms with Crippen LogP contribution in [-0.2, 0) is 4.74 Å². The molecule has 0 saturated carbocycles. The van der Waals surface area contributed by atoms with E-state index in [1.807, 2.05) is 0 Å². The van der Waals surface area contributed by atoms with Crippen LogP contribution in [0.25, 0.3) is 0 Å². The van der Waals surface area contributed by atoms with Crippen molar-refractivity contribution in [2.24, 2.45) is 0 Å². The first-order chi connectivity index (χ1) is 8.83. The highest BCUT2D eigenvalue weighted by molar-refractivity contribution is 4.83. The summed E-state index contributed by atoms with van der Waals surface area (Å²) in [5, 5.41) is 3.59. The second-order valence-electron chi connectivity index (χ2n) is 6.96. The van der Waals surface area contributed by atoms with Crippen LogP contribution in [0.4, 0.5) is 0 Å². The van der Waals surface area contributed by atoms with E-state index in [2.05, 4.69) is 50.0 Å². The van der Waals surface area contributed by atoms with E-state index in [0.717, 1.165) is 19.7 Å². The molecule has 1 saturated heterocycles. The fraction of sp³-hybridized carbons (Fsp3) is 1.00. The predicted octanol–water partition coefficient (Wildman–Crippen LogP) is 1.42. The Morgan fingerprint density at radius 1 is 1.42 bits per heavy atom. The maximum atomic E-state index is 5.39. The molecule has 1 heterocycles. The van der Waals surface area contributed by atoms with Gasteiger partial charge in [0.15, 0.2) is 0 Å². The summed E-state index contributed by atoms with van der Waals surface area (Å²) >= 11 is 0. The average Bonchev–Trinajstić information content (AvgIpc) is 2.69. The van der Waals surface area contributed by atoms with Crippen molar-refractivity contribution < 1.29 is 4.74 Å². The van der Waals surface area contributed by atoms with E-state index < -0.39 is 0 Å². The molecule has 114 valence electrons. The van der Waals surface area contributed by atoms with Crippen molar-refractivity contribution in [2.45, 2.75) is 51.2 Å². The van der Waals surface area contributed by atoms with Gasteiger partial charge in [-0.15, -0.1) is 0 Å². The summed E-state index contributed by atoms with van der Waals surface area (Å²) in [7, 11) is 6.25. The molecule has 0 aromatic heterocycles. The number of nitrogens with zero attached hydrogens (tertiary/aromatic N) is 2. The van der Waals surface area contributed by atoms with Gasteiger partial charge in [-0.3, -0.25) is 4.90 Å². The SMILES string of the molecule is COCC(CNC(C)(C)C)N(C)CC1CCCN1C. The van der Waals surface area contributed by atoms with Gasteiger partial charge in [0.05, 0.1) is 6.61 Å². The second-order valence-corrected chi connectivity index (χ2v) is 6.96. The Morgan fingerprint density at radius 2 is 2.11 bits per heavy atom. The van der Waals surface area contributed by atoms with Crippen LogP contribution in [0, 0.1) is 0 Å². The molecule has 0 aromatic rings. The normalized spacial score (nSPS) is 23.2. The molecule has 4 nitrogen and oxygen atoms in total. The van der Waals surface area contributed by atoms with Crippen LogP contribution < -0.4 is 5.32 Å². The third-order valence-electron chi connectivity index (χ3n) is 4.02. The molecule has 1 fully saturated rings. The Morgan fingerprint density at radius 3 is 2.58 bits per heavy atom. The molecule has 0 spiro atoms. The Kier molecular flexibility index (Phi) is 6.74. The van der Waals surface area contributed by atoms with E-state index in [1.54, 1.807) is 7.11 Å². The maximum Gasteiger partial charge on any atom is 0.0630 e. The lowest BCUT2D eigenvalue weighted by molar-refractivity contribution is 0.0868. The molecule has 0 aromatic carbocycles. The molecular formula is C15H33N3O. The molecule has 0 amide bonds. The third kappa shape index (κ3) is 6.21. The van der Waals surface area contributed by atoms with Gasteiger partial charge in [0.1, 0.15) is 0 Å². The Labute approximate surface area is 119 Å². The first-order valence-electron chi connectivity index (χ1n) is 7.48. The van der Waals surface area contributed by atoms with Gasteiger partial charge in [-0.1, -0.05) is 0 Å². The highest BCUT2D eigenvalue weighted by Crippen LogP contribution is 2.16. The minimum absolute atomic E-state index is 0.164. The summed E-state index contributed by atoms with van der Waals surface area (Å²) < 4.78 is 5.39. The van der Waals surface area contributed by atoms with Crippen molar-refractivity contribution in [3.05, 3.63) is 0 Å². The number of nitrogens with one attached hydrogen (secondary N) is 1. The summed E-state index contributed by atoms with van der Waals surface area (Å²) in [5.74, 6) is 0. The number of methoxy groups -OCH3 is 1. The Hall–Kier alpha value is -0.160. The Bertz CT molecular complexity index is 252. The quantitative estimate of drug-likeness (QED) is 0.758. The highest BCUT2D eigenvalue weighted by Gasteiger charge is 2.25.